The Bertz CT molecular complexity index is 824. The fourth-order valence-corrected chi connectivity index (χ4v) is 2.54. The molecule has 0 saturated carbocycles. The maximum absolute atomic E-state index is 10.4. The van der Waals surface area contributed by atoms with Crippen LogP contribution in [0.2, 0.25) is 0 Å². The summed E-state index contributed by atoms with van der Waals surface area (Å²) in [6, 6.07) is 7.84. The van der Waals surface area contributed by atoms with Gasteiger partial charge in [0.15, 0.2) is 0 Å². The number of nitrogens with two attached hydrogens (primary N) is 1. The molecule has 2 rings (SSSR count). The van der Waals surface area contributed by atoms with Crippen molar-refractivity contribution in [2.24, 2.45) is 0 Å². The molecule has 0 spiro atoms. The van der Waals surface area contributed by atoms with Crippen molar-refractivity contribution in [3.05, 3.63) is 46.5 Å². The van der Waals surface area contributed by atoms with Gasteiger partial charge in [-0.3, -0.25) is 18.5 Å². The maximum Gasteiger partial charge on any atom is 2.00 e. The van der Waals surface area contributed by atoms with Crippen LogP contribution in [0.5, 0.6) is 0 Å². The number of nitrogen functional groups attached to an aromatic ring is 1. The van der Waals surface area contributed by atoms with E-state index < -0.39 is 27.1 Å². The van der Waals surface area contributed by atoms with Crippen LogP contribution in [0.15, 0.2) is 56.0 Å². The zero-order chi connectivity index (χ0) is 18.4. The number of nitro groups is 1. The Balaban J connectivity index is 0. The van der Waals surface area contributed by atoms with E-state index in [-0.39, 0.29) is 59.3 Å². The molecule has 2 N–H and O–H groups in total. The van der Waals surface area contributed by atoms with Gasteiger partial charge in [0.1, 0.15) is 0 Å². The summed E-state index contributed by atoms with van der Waals surface area (Å²) in [7, 11) is 0. The molecular weight excluding hydrogens is 527 g/mol. The van der Waals surface area contributed by atoms with Gasteiger partial charge in [0, 0.05) is 26.4 Å². The van der Waals surface area contributed by atoms with E-state index in [0.29, 0.717) is 10.6 Å². The largest absolute Gasteiger partial charge is 2.00 e. The summed E-state index contributed by atoms with van der Waals surface area (Å²) in [4.78, 5) is 10.5. The summed E-state index contributed by atoms with van der Waals surface area (Å²) in [5.74, 6) is 0. The fraction of sp³-hybridized carbons (Fsp3) is 0. The van der Waals surface area contributed by atoms with Gasteiger partial charge in [-0.1, -0.05) is 0 Å². The molecule has 0 aromatic heterocycles. The minimum absolute atomic E-state index is 0. The summed E-state index contributed by atoms with van der Waals surface area (Å²) >= 11 is 3.13. The van der Waals surface area contributed by atoms with E-state index in [4.69, 9.17) is 5.73 Å². The molecule has 0 bridgehead atoms. The van der Waals surface area contributed by atoms with E-state index >= 15 is 0 Å². The van der Waals surface area contributed by atoms with Gasteiger partial charge in [0.2, 0.25) is 0 Å². The van der Waals surface area contributed by atoms with Crippen LogP contribution in [-0.2, 0) is 61.1 Å². The Morgan fingerprint density at radius 3 is 1.69 bits per heavy atom. The van der Waals surface area contributed by atoms with Gasteiger partial charge in [0.25, 0.3) is 5.69 Å². The van der Waals surface area contributed by atoms with Crippen molar-refractivity contribution in [3.8, 4) is 0 Å². The molecule has 0 amide bonds. The molecule has 2 aromatic carbocycles. The number of rotatable bonds is 3. The standard InChI is InChI=1S/C6H5NO4S2.C6H7NO2S2.2Zn/c8-7(9)5-3-4(13(10)11)1-2-6(5)12;7-5-3-4(11(8)9)1-2-6(5)10;;/h1-3,12H,(H,10,11);1-3,10H,7H2,(H,8,9);;/q;;2*+2/p-2. The second kappa shape index (κ2) is 13.1. The molecule has 130 valence electrons. The van der Waals surface area contributed by atoms with E-state index in [9.17, 15) is 27.6 Å². The first-order chi connectivity index (χ1) is 11.1. The van der Waals surface area contributed by atoms with Crippen molar-refractivity contribution in [1.82, 2.24) is 0 Å². The summed E-state index contributed by atoms with van der Waals surface area (Å²) < 4.78 is 41.6. The second-order valence-electron chi connectivity index (χ2n) is 4.10. The average molecular weight is 537 g/mol. The van der Waals surface area contributed by atoms with Crippen molar-refractivity contribution < 1.29 is 61.4 Å². The zero-order valence-electron chi connectivity index (χ0n) is 13.1. The zero-order valence-corrected chi connectivity index (χ0v) is 22.4. The third-order valence-electron chi connectivity index (χ3n) is 2.53. The van der Waals surface area contributed by atoms with Crippen LogP contribution in [-0.4, -0.2) is 22.4 Å². The second-order valence-corrected chi connectivity index (χ2v) is 6.94. The molecular formula is C12H10N2O6S4Zn2+2. The minimum atomic E-state index is -2.45. The fourth-order valence-electron chi connectivity index (χ4n) is 1.39. The number of nitro benzene ring substituents is 1. The van der Waals surface area contributed by atoms with Crippen LogP contribution in [0.25, 0.3) is 0 Å². The Morgan fingerprint density at radius 2 is 1.31 bits per heavy atom. The number of hydrogen-bond donors (Lipinski definition) is 3. The van der Waals surface area contributed by atoms with Crippen molar-refractivity contribution >= 4 is 58.8 Å². The van der Waals surface area contributed by atoms with Gasteiger partial charge in [-0.05, 0) is 52.5 Å². The smallest absolute Gasteiger partial charge is 0.768 e. The summed E-state index contributed by atoms with van der Waals surface area (Å²) in [5.41, 5.74) is 5.46. The van der Waals surface area contributed by atoms with Gasteiger partial charge in [-0.15, -0.1) is 25.3 Å². The Labute approximate surface area is 190 Å². The molecule has 0 aliphatic heterocycles. The Kier molecular flexibility index (Phi) is 14.1. The third kappa shape index (κ3) is 8.66. The van der Waals surface area contributed by atoms with Gasteiger partial charge >= 0.3 is 39.0 Å². The first-order valence-electron chi connectivity index (χ1n) is 5.88. The van der Waals surface area contributed by atoms with E-state index in [1.165, 1.54) is 24.3 Å². The van der Waals surface area contributed by atoms with E-state index in [1.54, 1.807) is 6.07 Å². The Hall–Kier alpha value is -0.193. The Morgan fingerprint density at radius 1 is 0.885 bits per heavy atom. The predicted octanol–water partition coefficient (Wildman–Crippen LogP) is 1.91. The van der Waals surface area contributed by atoms with Crippen LogP contribution < -0.4 is 5.73 Å². The monoisotopic (exact) mass is 534 g/mol. The number of benzene rings is 2. The van der Waals surface area contributed by atoms with Crippen LogP contribution >= 0.6 is 25.3 Å². The minimum Gasteiger partial charge on any atom is -0.768 e. The molecule has 2 atom stereocenters. The summed E-state index contributed by atoms with van der Waals surface area (Å²) in [5, 5.41) is 10.4. The van der Waals surface area contributed by atoms with Crippen LogP contribution in [0.3, 0.4) is 0 Å². The average Bonchev–Trinajstić information content (AvgIpc) is 2.50. The topological polar surface area (TPSA) is 149 Å². The normalized spacial score (nSPS) is 11.7. The van der Waals surface area contributed by atoms with Gasteiger partial charge in [-0.25, -0.2) is 0 Å². The van der Waals surface area contributed by atoms with Crippen molar-refractivity contribution in [2.75, 3.05) is 5.73 Å². The first-order valence-corrected chi connectivity index (χ1v) is 8.92. The SMILES string of the molecule is Nc1cc(S(=O)[O-])ccc1S.O=[N+]([O-])c1cc(S(=O)[O-])ccc1S.[Zn+2].[Zn+2]. The number of hydrogen-bond acceptors (Lipinski definition) is 9. The van der Waals surface area contributed by atoms with Crippen molar-refractivity contribution in [1.29, 1.82) is 0 Å². The summed E-state index contributed by atoms with van der Waals surface area (Å²) in [6.07, 6.45) is 0. The van der Waals surface area contributed by atoms with E-state index in [1.807, 2.05) is 0 Å². The van der Waals surface area contributed by atoms with Gasteiger partial charge in [0.05, 0.1) is 9.82 Å². The molecule has 0 saturated heterocycles. The quantitative estimate of drug-likeness (QED) is 0.135. The first kappa shape index (κ1) is 28.0. The molecule has 14 heteroatoms. The molecule has 0 aliphatic carbocycles. The van der Waals surface area contributed by atoms with Crippen LogP contribution in [0, 0.1) is 10.1 Å². The molecule has 26 heavy (non-hydrogen) atoms. The number of nitrogens with zero attached hydrogens (tertiary/aromatic N) is 1. The molecule has 2 aromatic rings. The molecule has 0 radical (unpaired) electrons. The van der Waals surface area contributed by atoms with Crippen LogP contribution in [0.4, 0.5) is 11.4 Å². The molecule has 2 unspecified atom stereocenters. The third-order valence-corrected chi connectivity index (χ3v) is 4.59. The molecule has 8 nitrogen and oxygen atoms in total. The molecule has 0 aliphatic rings. The summed E-state index contributed by atoms with van der Waals surface area (Å²) in [6.45, 7) is 0. The molecule has 0 fully saturated rings. The van der Waals surface area contributed by atoms with Crippen molar-refractivity contribution in [2.45, 2.75) is 19.6 Å². The number of anilines is 1. The number of thiol groups is 2. The van der Waals surface area contributed by atoms with Crippen LogP contribution in [0.1, 0.15) is 0 Å². The molecule has 0 heterocycles. The van der Waals surface area contributed by atoms with Gasteiger partial charge in [-0.2, -0.15) is 0 Å². The van der Waals surface area contributed by atoms with Crippen molar-refractivity contribution in [3.63, 3.8) is 0 Å². The van der Waals surface area contributed by atoms with E-state index in [0.717, 1.165) is 6.07 Å². The van der Waals surface area contributed by atoms with E-state index in [2.05, 4.69) is 25.3 Å². The van der Waals surface area contributed by atoms with Gasteiger partial charge < -0.3 is 14.8 Å². The maximum atomic E-state index is 10.4. The predicted molar refractivity (Wildman–Crippen MR) is 92.8 cm³/mol.